The predicted molar refractivity (Wildman–Crippen MR) is 197 cm³/mol. The molecule has 0 aliphatic heterocycles. The molecule has 2 heteroatoms. The molecular formula is C43H58N2. The van der Waals surface area contributed by atoms with E-state index in [1.807, 2.05) is 0 Å². The number of hydrogen-bond acceptors (Lipinski definition) is 2. The highest BCUT2D eigenvalue weighted by Gasteiger charge is 2.05. The van der Waals surface area contributed by atoms with E-state index in [0.29, 0.717) is 0 Å². The Morgan fingerprint density at radius 2 is 0.689 bits per heavy atom. The van der Waals surface area contributed by atoms with Crippen LogP contribution in [0.1, 0.15) is 129 Å². The second-order valence-electron chi connectivity index (χ2n) is 13.2. The molecule has 0 saturated heterocycles. The van der Waals surface area contributed by atoms with Crippen molar-refractivity contribution in [3.8, 4) is 0 Å². The van der Waals surface area contributed by atoms with Gasteiger partial charge in [-0.1, -0.05) is 132 Å². The normalized spacial score (nSPS) is 11.2. The van der Waals surface area contributed by atoms with Crippen LogP contribution in [0.15, 0.2) is 84.9 Å². The molecule has 0 spiro atoms. The number of benzene rings is 4. The van der Waals surface area contributed by atoms with Crippen LogP contribution < -0.4 is 11.5 Å². The van der Waals surface area contributed by atoms with E-state index in [1.54, 1.807) is 0 Å². The molecule has 4 N–H and O–H groups in total. The van der Waals surface area contributed by atoms with Gasteiger partial charge in [-0.25, -0.2) is 0 Å². The fourth-order valence-corrected chi connectivity index (χ4v) is 6.41. The van der Waals surface area contributed by atoms with E-state index in [4.69, 9.17) is 11.5 Å². The molecule has 45 heavy (non-hydrogen) atoms. The Hall–Kier alpha value is -3.52. The zero-order chi connectivity index (χ0) is 31.7. The quantitative estimate of drug-likeness (QED) is 0.0781. The van der Waals surface area contributed by atoms with Crippen molar-refractivity contribution in [2.24, 2.45) is 0 Å². The molecule has 0 fully saturated rings. The molecule has 0 amide bonds. The lowest BCUT2D eigenvalue weighted by Gasteiger charge is -2.10. The van der Waals surface area contributed by atoms with Crippen molar-refractivity contribution < 1.29 is 0 Å². The molecular weight excluding hydrogens is 544 g/mol. The minimum absolute atomic E-state index is 0.941. The molecule has 0 saturated carbocycles. The van der Waals surface area contributed by atoms with Gasteiger partial charge in [0.15, 0.2) is 0 Å². The molecule has 2 nitrogen and oxygen atoms in total. The molecule has 0 unspecified atom stereocenters. The Labute approximate surface area is 274 Å². The first kappa shape index (κ1) is 34.4. The van der Waals surface area contributed by atoms with Gasteiger partial charge in [0.1, 0.15) is 0 Å². The summed E-state index contributed by atoms with van der Waals surface area (Å²) in [5.41, 5.74) is 25.4. The summed E-state index contributed by atoms with van der Waals surface area (Å²) in [7, 11) is 0. The smallest absolute Gasteiger partial charge is 0.0346 e. The number of aryl methyl sites for hydroxylation is 4. The maximum Gasteiger partial charge on any atom is 0.0346 e. The Bertz CT molecular complexity index is 1290. The molecule has 4 aromatic carbocycles. The molecule has 240 valence electrons. The maximum atomic E-state index is 6.24. The summed E-state index contributed by atoms with van der Waals surface area (Å²) < 4.78 is 0. The van der Waals surface area contributed by atoms with Crippen LogP contribution >= 0.6 is 0 Å². The Morgan fingerprint density at radius 1 is 0.356 bits per heavy atom. The van der Waals surface area contributed by atoms with Gasteiger partial charge in [-0.2, -0.15) is 0 Å². The van der Waals surface area contributed by atoms with Crippen LogP contribution in [-0.2, 0) is 38.5 Å². The first-order valence-electron chi connectivity index (χ1n) is 17.9. The first-order chi connectivity index (χ1) is 22.0. The second kappa shape index (κ2) is 19.1. The Morgan fingerprint density at radius 3 is 1.09 bits per heavy atom. The van der Waals surface area contributed by atoms with E-state index >= 15 is 0 Å². The predicted octanol–water partition coefficient (Wildman–Crippen LogP) is 11.2. The number of hydrogen-bond donors (Lipinski definition) is 2. The average Bonchev–Trinajstić information content (AvgIpc) is 3.05. The molecule has 0 aromatic heterocycles. The third-order valence-corrected chi connectivity index (χ3v) is 9.31. The summed E-state index contributed by atoms with van der Waals surface area (Å²) in [5, 5.41) is 0. The highest BCUT2D eigenvalue weighted by molar-refractivity contribution is 5.50. The topological polar surface area (TPSA) is 52.0 Å². The first-order valence-corrected chi connectivity index (χ1v) is 17.9. The van der Waals surface area contributed by atoms with Crippen LogP contribution in [0.4, 0.5) is 11.4 Å². The van der Waals surface area contributed by atoms with Crippen molar-refractivity contribution in [3.05, 3.63) is 129 Å². The fourth-order valence-electron chi connectivity index (χ4n) is 6.41. The second-order valence-corrected chi connectivity index (χ2v) is 13.2. The van der Waals surface area contributed by atoms with Gasteiger partial charge in [-0.05, 0) is 121 Å². The average molecular weight is 603 g/mol. The van der Waals surface area contributed by atoms with Gasteiger partial charge in [0.2, 0.25) is 0 Å². The van der Waals surface area contributed by atoms with Gasteiger partial charge < -0.3 is 11.5 Å². The number of anilines is 2. The lowest BCUT2D eigenvalue weighted by molar-refractivity contribution is 0.613. The molecule has 0 bridgehead atoms. The van der Waals surface area contributed by atoms with E-state index < -0.39 is 0 Å². The minimum Gasteiger partial charge on any atom is -0.399 e. The van der Waals surface area contributed by atoms with Crippen molar-refractivity contribution in [3.63, 3.8) is 0 Å². The molecule has 4 rings (SSSR count). The van der Waals surface area contributed by atoms with Gasteiger partial charge in [0, 0.05) is 11.4 Å². The van der Waals surface area contributed by atoms with Crippen molar-refractivity contribution >= 4 is 11.4 Å². The van der Waals surface area contributed by atoms with Gasteiger partial charge in [0.25, 0.3) is 0 Å². The van der Waals surface area contributed by atoms with Crippen LogP contribution in [0.3, 0.4) is 0 Å². The van der Waals surface area contributed by atoms with Crippen LogP contribution in [0, 0.1) is 0 Å². The summed E-state index contributed by atoms with van der Waals surface area (Å²) in [6.45, 7) is 4.50. The zero-order valence-electron chi connectivity index (χ0n) is 28.3. The zero-order valence-corrected chi connectivity index (χ0v) is 28.3. The van der Waals surface area contributed by atoms with Crippen molar-refractivity contribution in [2.75, 3.05) is 11.5 Å². The van der Waals surface area contributed by atoms with Crippen molar-refractivity contribution in [1.29, 1.82) is 0 Å². The summed E-state index contributed by atoms with van der Waals surface area (Å²) in [6.07, 6.45) is 20.5. The van der Waals surface area contributed by atoms with Gasteiger partial charge in [0.05, 0.1) is 0 Å². The van der Waals surface area contributed by atoms with Gasteiger partial charge in [-0.3, -0.25) is 0 Å². The molecule has 4 aromatic rings. The summed E-state index contributed by atoms with van der Waals surface area (Å²) in [6, 6.07) is 31.8. The van der Waals surface area contributed by atoms with Gasteiger partial charge in [-0.15, -0.1) is 0 Å². The largest absolute Gasteiger partial charge is 0.399 e. The van der Waals surface area contributed by atoms with E-state index in [1.165, 1.54) is 128 Å². The third-order valence-electron chi connectivity index (χ3n) is 9.31. The monoisotopic (exact) mass is 602 g/mol. The standard InChI is InChI=1S/C43H58N2/c1-3-5-10-16-40-32-38(26-28-42(40)44)30-36-22-18-34(19-23-36)14-12-8-7-9-13-15-35-20-24-37(25-21-35)31-39-27-29-43(45)41(33-39)17-11-6-4-2/h18-29,32-33H,3-17,30-31,44-45H2,1-2H3. The van der Waals surface area contributed by atoms with E-state index in [9.17, 15) is 0 Å². The van der Waals surface area contributed by atoms with Crippen molar-refractivity contribution in [1.82, 2.24) is 0 Å². The summed E-state index contributed by atoms with van der Waals surface area (Å²) in [5.74, 6) is 0. The molecule has 0 radical (unpaired) electrons. The fraction of sp³-hybridized carbons (Fsp3) is 0.442. The number of nitrogens with two attached hydrogens (primary N) is 2. The number of nitrogen functional groups attached to an aromatic ring is 2. The lowest BCUT2D eigenvalue weighted by Crippen LogP contribution is -1.98. The molecule has 0 atom stereocenters. The summed E-state index contributed by atoms with van der Waals surface area (Å²) in [4.78, 5) is 0. The number of rotatable bonds is 20. The van der Waals surface area contributed by atoms with Crippen LogP contribution in [-0.4, -0.2) is 0 Å². The lowest BCUT2D eigenvalue weighted by atomic mass is 9.97. The Balaban J connectivity index is 1.10. The molecule has 0 heterocycles. The third kappa shape index (κ3) is 12.1. The van der Waals surface area contributed by atoms with Gasteiger partial charge >= 0.3 is 0 Å². The Kier molecular flexibility index (Phi) is 14.6. The maximum absolute atomic E-state index is 6.24. The van der Waals surface area contributed by atoms with Crippen molar-refractivity contribution in [2.45, 2.75) is 123 Å². The van der Waals surface area contributed by atoms with Crippen LogP contribution in [0.5, 0.6) is 0 Å². The van der Waals surface area contributed by atoms with Crippen LogP contribution in [0.2, 0.25) is 0 Å². The minimum atomic E-state index is 0.941. The van der Waals surface area contributed by atoms with E-state index in [0.717, 1.165) is 37.1 Å². The van der Waals surface area contributed by atoms with E-state index in [2.05, 4.69) is 98.8 Å². The molecule has 0 aliphatic rings. The van der Waals surface area contributed by atoms with E-state index in [-0.39, 0.29) is 0 Å². The van der Waals surface area contributed by atoms with Crippen LogP contribution in [0.25, 0.3) is 0 Å². The SMILES string of the molecule is CCCCCc1cc(Cc2ccc(CCCCCCCc3ccc(Cc4ccc(N)c(CCCCC)c4)cc3)cc2)ccc1N. The molecule has 0 aliphatic carbocycles. The highest BCUT2D eigenvalue weighted by Crippen LogP contribution is 2.22. The number of unbranched alkanes of at least 4 members (excludes halogenated alkanes) is 8. The highest BCUT2D eigenvalue weighted by atomic mass is 14.6. The summed E-state index contributed by atoms with van der Waals surface area (Å²) >= 11 is 0.